The number of rotatable bonds is 7. The fraction of sp³-hybridized carbons (Fsp3) is 0.474. The third-order valence-corrected chi connectivity index (χ3v) is 4.53. The first kappa shape index (κ1) is 19.6. The molecule has 0 spiro atoms. The number of β-lactam (4-membered cyclic amide) rings is 1. The molecule has 1 saturated heterocycles. The van der Waals surface area contributed by atoms with E-state index in [-0.39, 0.29) is 13.2 Å². The van der Waals surface area contributed by atoms with Crippen LogP contribution in [0.4, 0.5) is 0 Å². The maximum absolute atomic E-state index is 12.8. The monoisotopic (exact) mass is 361 g/mol. The number of esters is 2. The fourth-order valence-corrected chi connectivity index (χ4v) is 3.41. The lowest BCUT2D eigenvalue weighted by molar-refractivity contribution is -0.207. The van der Waals surface area contributed by atoms with Gasteiger partial charge in [0.2, 0.25) is 5.91 Å². The highest BCUT2D eigenvalue weighted by molar-refractivity contribution is 6.24. The van der Waals surface area contributed by atoms with Gasteiger partial charge in [0.15, 0.2) is 0 Å². The molecule has 1 fully saturated rings. The van der Waals surface area contributed by atoms with Crippen LogP contribution >= 0.6 is 0 Å². The Morgan fingerprint density at radius 1 is 1.08 bits per heavy atom. The van der Waals surface area contributed by atoms with Gasteiger partial charge < -0.3 is 14.4 Å². The molecule has 1 amide bonds. The van der Waals surface area contributed by atoms with Crippen LogP contribution < -0.4 is 0 Å². The van der Waals surface area contributed by atoms with Crippen molar-refractivity contribution in [3.63, 3.8) is 0 Å². The van der Waals surface area contributed by atoms with Crippen LogP contribution in [-0.2, 0) is 28.7 Å². The number of benzene rings is 1. The molecule has 1 aromatic rings. The Kier molecular flexibility index (Phi) is 5.79. The molecule has 2 rings (SSSR count). The van der Waals surface area contributed by atoms with Crippen molar-refractivity contribution in [3.8, 4) is 0 Å². The van der Waals surface area contributed by atoms with E-state index in [4.69, 9.17) is 9.47 Å². The number of Topliss-reactive ketones (excluding diaryl/α,β-unsaturated/α-hetero) is 1. The molecule has 26 heavy (non-hydrogen) atoms. The number of ketones is 1. The maximum Gasteiger partial charge on any atom is 0.345 e. The molecular weight excluding hydrogens is 338 g/mol. The van der Waals surface area contributed by atoms with Gasteiger partial charge in [-0.05, 0) is 33.3 Å². The summed E-state index contributed by atoms with van der Waals surface area (Å²) in [6.07, 6.45) is 0. The first-order chi connectivity index (χ1) is 12.3. The second-order valence-electron chi connectivity index (χ2n) is 6.05. The molecule has 1 aromatic carbocycles. The SMILES string of the molecule is CCOC(=O)C1(C(=O)OCC)[C@H](C(C)=O)C(=O)N1[C@H](C)c1ccccc1. The average Bonchev–Trinajstić information content (AvgIpc) is 2.59. The van der Waals surface area contributed by atoms with Crippen molar-refractivity contribution < 1.29 is 28.7 Å². The molecule has 0 bridgehead atoms. The average molecular weight is 361 g/mol. The zero-order valence-electron chi connectivity index (χ0n) is 15.4. The Hall–Kier alpha value is -2.70. The topological polar surface area (TPSA) is 90.0 Å². The van der Waals surface area contributed by atoms with Crippen LogP contribution in [0, 0.1) is 5.92 Å². The predicted molar refractivity (Wildman–Crippen MR) is 91.9 cm³/mol. The zero-order valence-corrected chi connectivity index (χ0v) is 15.4. The minimum Gasteiger partial charge on any atom is -0.464 e. The summed E-state index contributed by atoms with van der Waals surface area (Å²) in [7, 11) is 0. The fourth-order valence-electron chi connectivity index (χ4n) is 3.41. The van der Waals surface area contributed by atoms with Gasteiger partial charge in [0, 0.05) is 0 Å². The van der Waals surface area contributed by atoms with E-state index >= 15 is 0 Å². The normalized spacial score (nSPS) is 19.3. The number of hydrogen-bond acceptors (Lipinski definition) is 6. The summed E-state index contributed by atoms with van der Waals surface area (Å²) in [5.41, 5.74) is -1.37. The number of carbonyl (C=O) groups excluding carboxylic acids is 4. The lowest BCUT2D eigenvalue weighted by Gasteiger charge is -2.54. The van der Waals surface area contributed by atoms with E-state index in [9.17, 15) is 19.2 Å². The minimum atomic E-state index is -2.09. The van der Waals surface area contributed by atoms with Gasteiger partial charge >= 0.3 is 11.9 Å². The number of carbonyl (C=O) groups is 4. The van der Waals surface area contributed by atoms with Crippen molar-refractivity contribution >= 4 is 23.6 Å². The molecule has 7 heteroatoms. The highest BCUT2D eigenvalue weighted by Gasteiger charge is 2.74. The molecule has 1 aliphatic rings. The van der Waals surface area contributed by atoms with Crippen LogP contribution in [0.2, 0.25) is 0 Å². The Bertz CT molecular complexity index is 696. The lowest BCUT2D eigenvalue weighted by atomic mass is 9.69. The second-order valence-corrected chi connectivity index (χ2v) is 6.05. The molecule has 0 saturated carbocycles. The van der Waals surface area contributed by atoms with Crippen LogP contribution in [0.3, 0.4) is 0 Å². The van der Waals surface area contributed by atoms with E-state index in [1.807, 2.05) is 6.07 Å². The smallest absolute Gasteiger partial charge is 0.345 e. The van der Waals surface area contributed by atoms with Crippen molar-refractivity contribution in [2.75, 3.05) is 13.2 Å². The zero-order chi connectivity index (χ0) is 19.5. The Morgan fingerprint density at radius 3 is 2.00 bits per heavy atom. The van der Waals surface area contributed by atoms with E-state index < -0.39 is 41.1 Å². The van der Waals surface area contributed by atoms with Gasteiger partial charge in [0.1, 0.15) is 11.7 Å². The standard InChI is InChI=1S/C19H23NO6/c1-5-25-17(23)19(18(24)26-6-2)15(13(4)21)16(22)20(19)12(3)14-10-8-7-9-11-14/h7-12,15H,5-6H2,1-4H3/t12-,15-/m1/s1. The van der Waals surface area contributed by atoms with E-state index in [0.29, 0.717) is 0 Å². The Labute approximate surface area is 152 Å². The highest BCUT2D eigenvalue weighted by Crippen LogP contribution is 2.46. The summed E-state index contributed by atoms with van der Waals surface area (Å²) in [6.45, 7) is 6.06. The number of hydrogen-bond donors (Lipinski definition) is 0. The summed E-state index contributed by atoms with van der Waals surface area (Å²) >= 11 is 0. The van der Waals surface area contributed by atoms with E-state index in [0.717, 1.165) is 10.5 Å². The van der Waals surface area contributed by atoms with E-state index in [1.54, 1.807) is 45.0 Å². The number of likely N-dealkylation sites (tertiary alicyclic amines) is 1. The van der Waals surface area contributed by atoms with Crippen molar-refractivity contribution in [1.29, 1.82) is 0 Å². The van der Waals surface area contributed by atoms with Crippen molar-refractivity contribution in [1.82, 2.24) is 4.90 Å². The molecule has 0 aromatic heterocycles. The second kappa shape index (κ2) is 7.68. The van der Waals surface area contributed by atoms with Gasteiger partial charge in [-0.15, -0.1) is 0 Å². The molecule has 2 atom stereocenters. The summed E-state index contributed by atoms with van der Waals surface area (Å²) in [5.74, 6) is -4.49. The van der Waals surface area contributed by atoms with Gasteiger partial charge in [-0.25, -0.2) is 9.59 Å². The van der Waals surface area contributed by atoms with Crippen molar-refractivity contribution in [2.24, 2.45) is 5.92 Å². The first-order valence-electron chi connectivity index (χ1n) is 8.56. The largest absolute Gasteiger partial charge is 0.464 e. The molecule has 0 aliphatic carbocycles. The molecule has 0 N–H and O–H groups in total. The Balaban J connectivity index is 2.59. The molecular formula is C19H23NO6. The third kappa shape index (κ3) is 2.87. The van der Waals surface area contributed by atoms with Gasteiger partial charge in [-0.2, -0.15) is 0 Å². The van der Waals surface area contributed by atoms with Gasteiger partial charge in [-0.1, -0.05) is 30.3 Å². The molecule has 7 nitrogen and oxygen atoms in total. The van der Waals surface area contributed by atoms with E-state index in [1.165, 1.54) is 6.92 Å². The number of nitrogens with zero attached hydrogens (tertiary/aromatic N) is 1. The minimum absolute atomic E-state index is 0.00631. The molecule has 1 heterocycles. The van der Waals surface area contributed by atoms with Crippen LogP contribution in [-0.4, -0.2) is 47.3 Å². The third-order valence-electron chi connectivity index (χ3n) is 4.53. The van der Waals surface area contributed by atoms with Gasteiger partial charge in [0.25, 0.3) is 5.54 Å². The molecule has 0 radical (unpaired) electrons. The Morgan fingerprint density at radius 2 is 1.58 bits per heavy atom. The molecule has 1 aliphatic heterocycles. The summed E-state index contributed by atoms with van der Waals surface area (Å²) < 4.78 is 10.2. The highest BCUT2D eigenvalue weighted by atomic mass is 16.6. The summed E-state index contributed by atoms with van der Waals surface area (Å²) in [6, 6.07) is 8.33. The maximum atomic E-state index is 12.8. The lowest BCUT2D eigenvalue weighted by Crippen LogP contribution is -2.80. The van der Waals surface area contributed by atoms with Gasteiger partial charge in [0.05, 0.1) is 19.3 Å². The van der Waals surface area contributed by atoms with Crippen LogP contribution in [0.1, 0.15) is 39.3 Å². The number of ether oxygens (including phenoxy) is 2. The first-order valence-corrected chi connectivity index (χ1v) is 8.56. The van der Waals surface area contributed by atoms with Crippen molar-refractivity contribution in [2.45, 2.75) is 39.3 Å². The summed E-state index contributed by atoms with van der Waals surface area (Å²) in [4.78, 5) is 51.6. The van der Waals surface area contributed by atoms with E-state index in [2.05, 4.69) is 0 Å². The number of amides is 1. The quantitative estimate of drug-likeness (QED) is 0.417. The predicted octanol–water partition coefficient (Wildman–Crippen LogP) is 1.66. The van der Waals surface area contributed by atoms with Gasteiger partial charge in [-0.3, -0.25) is 9.59 Å². The summed E-state index contributed by atoms with van der Waals surface area (Å²) in [5, 5.41) is 0. The van der Waals surface area contributed by atoms with Crippen LogP contribution in [0.15, 0.2) is 30.3 Å². The molecule has 140 valence electrons. The van der Waals surface area contributed by atoms with Crippen molar-refractivity contribution in [3.05, 3.63) is 35.9 Å². The molecule has 0 unspecified atom stereocenters. The van der Waals surface area contributed by atoms with Crippen LogP contribution in [0.5, 0.6) is 0 Å². The van der Waals surface area contributed by atoms with Crippen LogP contribution in [0.25, 0.3) is 0 Å².